The van der Waals surface area contributed by atoms with Gasteiger partial charge in [0.15, 0.2) is 0 Å². The fourth-order valence-corrected chi connectivity index (χ4v) is 3.29. The molecular weight excluding hydrogens is 224 g/mol. The Kier molecular flexibility index (Phi) is 4.76. The molecule has 0 radical (unpaired) electrons. The zero-order valence-corrected chi connectivity index (χ0v) is 11.3. The predicted molar refractivity (Wildman–Crippen MR) is 66.5 cm³/mol. The molecule has 4 unspecified atom stereocenters. The summed E-state index contributed by atoms with van der Waals surface area (Å²) in [6.07, 6.45) is 2.99. The van der Waals surface area contributed by atoms with Gasteiger partial charge in [-0.2, -0.15) is 0 Å². The van der Waals surface area contributed by atoms with Crippen LogP contribution in [0.5, 0.6) is 0 Å². The number of hydrogen-bond acceptors (Lipinski definition) is 3. The van der Waals surface area contributed by atoms with Crippen molar-refractivity contribution >= 4 is 10.0 Å². The van der Waals surface area contributed by atoms with Crippen molar-refractivity contribution in [2.45, 2.75) is 51.3 Å². The Morgan fingerprint density at radius 2 is 1.94 bits per heavy atom. The summed E-state index contributed by atoms with van der Waals surface area (Å²) in [5.74, 6) is 1.29. The Labute approximate surface area is 99.0 Å². The van der Waals surface area contributed by atoms with Crippen LogP contribution in [0.2, 0.25) is 0 Å². The number of hydrogen-bond donors (Lipinski definition) is 2. The second kappa shape index (κ2) is 5.47. The quantitative estimate of drug-likeness (QED) is 0.782. The van der Waals surface area contributed by atoms with Crippen molar-refractivity contribution in [1.29, 1.82) is 0 Å². The lowest BCUT2D eigenvalue weighted by molar-refractivity contribution is 0.241. The topological polar surface area (TPSA) is 72.2 Å². The van der Waals surface area contributed by atoms with E-state index in [1.807, 2.05) is 0 Å². The first-order chi connectivity index (χ1) is 7.36. The summed E-state index contributed by atoms with van der Waals surface area (Å²) in [7, 11) is -3.23. The van der Waals surface area contributed by atoms with E-state index in [9.17, 15) is 8.42 Å². The first-order valence-electron chi connectivity index (χ1n) is 6.08. The molecule has 1 saturated carbocycles. The molecule has 1 aliphatic rings. The average molecular weight is 248 g/mol. The average Bonchev–Trinajstić information content (AvgIpc) is 2.22. The van der Waals surface area contributed by atoms with Crippen LogP contribution in [0.15, 0.2) is 0 Å². The summed E-state index contributed by atoms with van der Waals surface area (Å²) in [6.45, 7) is 6.25. The molecule has 0 saturated heterocycles. The van der Waals surface area contributed by atoms with Crippen LogP contribution in [-0.2, 0) is 10.0 Å². The highest BCUT2D eigenvalue weighted by Crippen LogP contribution is 2.29. The lowest BCUT2D eigenvalue weighted by Crippen LogP contribution is -2.45. The summed E-state index contributed by atoms with van der Waals surface area (Å²) in [4.78, 5) is 0. The molecule has 0 aromatic carbocycles. The zero-order valence-electron chi connectivity index (χ0n) is 10.4. The molecule has 0 aliphatic heterocycles. The Morgan fingerprint density at radius 3 is 2.44 bits per heavy atom. The molecule has 0 heterocycles. The third-order valence-corrected chi connectivity index (χ3v) is 5.70. The minimum absolute atomic E-state index is 0.102. The van der Waals surface area contributed by atoms with Gasteiger partial charge in [-0.15, -0.1) is 0 Å². The van der Waals surface area contributed by atoms with Crippen LogP contribution in [0.4, 0.5) is 0 Å². The number of nitrogens with two attached hydrogens (primary N) is 1. The van der Waals surface area contributed by atoms with Gasteiger partial charge < -0.3 is 5.73 Å². The van der Waals surface area contributed by atoms with Crippen LogP contribution < -0.4 is 10.5 Å². The van der Waals surface area contributed by atoms with Gasteiger partial charge in [0.1, 0.15) is 0 Å². The molecule has 1 rings (SSSR count). The van der Waals surface area contributed by atoms with E-state index in [1.54, 1.807) is 6.92 Å². The fourth-order valence-electron chi connectivity index (χ4n) is 2.13. The van der Waals surface area contributed by atoms with Crippen LogP contribution in [0, 0.1) is 11.8 Å². The molecule has 1 fully saturated rings. The van der Waals surface area contributed by atoms with Gasteiger partial charge in [0, 0.05) is 12.6 Å². The molecule has 96 valence electrons. The normalized spacial score (nSPS) is 33.6. The number of rotatable bonds is 4. The highest BCUT2D eigenvalue weighted by atomic mass is 32.2. The Morgan fingerprint density at radius 1 is 1.31 bits per heavy atom. The molecule has 16 heavy (non-hydrogen) atoms. The highest BCUT2D eigenvalue weighted by Gasteiger charge is 2.29. The fraction of sp³-hybridized carbons (Fsp3) is 1.00. The standard InChI is InChI=1S/C11H24N2O2S/c1-8-4-5-11(6-9(8)2)13-16(14,15)10(3)7-12/h8-11,13H,4-7,12H2,1-3H3. The van der Waals surface area contributed by atoms with Crippen molar-refractivity contribution < 1.29 is 8.42 Å². The smallest absolute Gasteiger partial charge is 0.215 e. The van der Waals surface area contributed by atoms with Crippen LogP contribution in [-0.4, -0.2) is 26.3 Å². The molecule has 1 aliphatic carbocycles. The third-order valence-electron chi connectivity index (χ3n) is 3.79. The maximum Gasteiger partial charge on any atom is 0.215 e. The predicted octanol–water partition coefficient (Wildman–Crippen LogP) is 1.08. The molecular formula is C11H24N2O2S. The van der Waals surface area contributed by atoms with Crippen molar-refractivity contribution in [1.82, 2.24) is 4.72 Å². The summed E-state index contributed by atoms with van der Waals surface area (Å²) in [6, 6.07) is 0.102. The van der Waals surface area contributed by atoms with Crippen molar-refractivity contribution in [3.63, 3.8) is 0 Å². The zero-order chi connectivity index (χ0) is 12.3. The molecule has 0 amide bonds. The Bertz CT molecular complexity index is 316. The molecule has 5 heteroatoms. The molecule has 0 spiro atoms. The highest BCUT2D eigenvalue weighted by molar-refractivity contribution is 7.90. The monoisotopic (exact) mass is 248 g/mol. The molecule has 3 N–H and O–H groups in total. The van der Waals surface area contributed by atoms with Crippen molar-refractivity contribution in [3.05, 3.63) is 0 Å². The van der Waals surface area contributed by atoms with E-state index in [-0.39, 0.29) is 12.6 Å². The molecule has 0 aromatic heterocycles. The van der Waals surface area contributed by atoms with E-state index in [4.69, 9.17) is 5.73 Å². The summed E-state index contributed by atoms with van der Waals surface area (Å²) < 4.78 is 26.4. The van der Waals surface area contributed by atoms with E-state index < -0.39 is 15.3 Å². The Balaban J connectivity index is 2.55. The van der Waals surface area contributed by atoms with Gasteiger partial charge in [-0.05, 0) is 38.0 Å². The van der Waals surface area contributed by atoms with Crippen LogP contribution in [0.3, 0.4) is 0 Å². The van der Waals surface area contributed by atoms with E-state index in [2.05, 4.69) is 18.6 Å². The van der Waals surface area contributed by atoms with Gasteiger partial charge in [-0.3, -0.25) is 0 Å². The minimum Gasteiger partial charge on any atom is -0.329 e. The number of sulfonamides is 1. The first-order valence-corrected chi connectivity index (χ1v) is 7.62. The lowest BCUT2D eigenvalue weighted by Gasteiger charge is -2.32. The van der Waals surface area contributed by atoms with Crippen molar-refractivity contribution in [2.24, 2.45) is 17.6 Å². The maximum atomic E-state index is 11.8. The lowest BCUT2D eigenvalue weighted by atomic mass is 9.79. The third kappa shape index (κ3) is 3.43. The molecule has 0 aromatic rings. The minimum atomic E-state index is -3.23. The van der Waals surface area contributed by atoms with E-state index in [0.717, 1.165) is 19.3 Å². The van der Waals surface area contributed by atoms with E-state index in [0.29, 0.717) is 11.8 Å². The second-order valence-electron chi connectivity index (χ2n) is 5.17. The summed E-state index contributed by atoms with van der Waals surface area (Å²) in [5, 5.41) is -0.498. The van der Waals surface area contributed by atoms with Gasteiger partial charge in [0.25, 0.3) is 0 Å². The van der Waals surface area contributed by atoms with Gasteiger partial charge in [-0.1, -0.05) is 13.8 Å². The Hall–Kier alpha value is -0.130. The number of nitrogens with one attached hydrogen (secondary N) is 1. The van der Waals surface area contributed by atoms with Crippen molar-refractivity contribution in [3.8, 4) is 0 Å². The van der Waals surface area contributed by atoms with Crippen LogP contribution in [0.25, 0.3) is 0 Å². The van der Waals surface area contributed by atoms with Gasteiger partial charge >= 0.3 is 0 Å². The molecule has 4 atom stereocenters. The second-order valence-corrected chi connectivity index (χ2v) is 7.30. The van der Waals surface area contributed by atoms with Gasteiger partial charge in [-0.25, -0.2) is 13.1 Å². The van der Waals surface area contributed by atoms with E-state index in [1.165, 1.54) is 0 Å². The largest absolute Gasteiger partial charge is 0.329 e. The van der Waals surface area contributed by atoms with Crippen molar-refractivity contribution in [2.75, 3.05) is 6.54 Å². The van der Waals surface area contributed by atoms with Gasteiger partial charge in [0.05, 0.1) is 5.25 Å². The van der Waals surface area contributed by atoms with Crippen LogP contribution in [0.1, 0.15) is 40.0 Å². The van der Waals surface area contributed by atoms with Gasteiger partial charge in [0.2, 0.25) is 10.0 Å². The summed E-state index contributed by atoms with van der Waals surface area (Å²) in [5.41, 5.74) is 5.39. The first kappa shape index (κ1) is 13.9. The molecule has 4 nitrogen and oxygen atoms in total. The van der Waals surface area contributed by atoms with E-state index >= 15 is 0 Å². The molecule has 0 bridgehead atoms. The maximum absolute atomic E-state index is 11.8. The SMILES string of the molecule is CC1CCC(NS(=O)(=O)C(C)CN)CC1C. The summed E-state index contributed by atoms with van der Waals surface area (Å²) >= 11 is 0. The van der Waals surface area contributed by atoms with Crippen LogP contribution >= 0.6 is 0 Å².